The number of benzene rings is 1. The molecule has 0 spiro atoms. The van der Waals surface area contributed by atoms with E-state index < -0.39 is 38.1 Å². The molecule has 9 heteroatoms. The summed E-state index contributed by atoms with van der Waals surface area (Å²) < 4.78 is 12.6. The summed E-state index contributed by atoms with van der Waals surface area (Å²) in [7, 11) is -2.33. The van der Waals surface area contributed by atoms with Crippen LogP contribution in [0.4, 0.5) is 4.79 Å². The molecule has 0 bridgehead atoms. The molecule has 8 nitrogen and oxygen atoms in total. The predicted octanol–water partition coefficient (Wildman–Crippen LogP) is 7.36. The third kappa shape index (κ3) is 14.0. The van der Waals surface area contributed by atoms with Crippen molar-refractivity contribution < 1.29 is 23.5 Å². The van der Waals surface area contributed by atoms with Crippen LogP contribution in [0.1, 0.15) is 94.1 Å². The van der Waals surface area contributed by atoms with Gasteiger partial charge in [-0.05, 0) is 75.6 Å². The first-order valence-corrected chi connectivity index (χ1v) is 19.0. The molecule has 1 aromatic carbocycles. The minimum absolute atomic E-state index is 0.0880. The van der Waals surface area contributed by atoms with E-state index in [1.165, 1.54) is 0 Å². The number of amides is 3. The summed E-state index contributed by atoms with van der Waals surface area (Å²) in [6, 6.07) is 8.60. The van der Waals surface area contributed by atoms with Gasteiger partial charge in [0.2, 0.25) is 11.8 Å². The number of hydrogen-bond acceptors (Lipinski definition) is 5. The molecule has 3 amide bonds. The second-order valence-electron chi connectivity index (χ2n) is 15.2. The maximum atomic E-state index is 13.9. The molecular formula is C35H61N3O5Si. The first-order valence-electron chi connectivity index (χ1n) is 16.1. The van der Waals surface area contributed by atoms with Gasteiger partial charge in [0.1, 0.15) is 11.6 Å². The molecule has 0 unspecified atom stereocenters. The maximum Gasteiger partial charge on any atom is 0.407 e. The zero-order valence-electron chi connectivity index (χ0n) is 29.5. The molecular weight excluding hydrogens is 570 g/mol. The first kappa shape index (κ1) is 39.4. The average Bonchev–Trinajstić information content (AvgIpc) is 2.87. The second-order valence-corrected chi connectivity index (χ2v) is 19.9. The van der Waals surface area contributed by atoms with Crippen molar-refractivity contribution in [3.63, 3.8) is 0 Å². The third-order valence-electron chi connectivity index (χ3n) is 8.02. The normalized spacial score (nSPS) is 15.2. The number of carbonyl (C=O) groups is 3. The van der Waals surface area contributed by atoms with E-state index in [0.717, 1.165) is 5.56 Å². The van der Waals surface area contributed by atoms with Crippen molar-refractivity contribution in [2.24, 2.45) is 17.8 Å². The molecule has 44 heavy (non-hydrogen) atoms. The van der Waals surface area contributed by atoms with E-state index in [-0.39, 0.29) is 34.7 Å². The van der Waals surface area contributed by atoms with Crippen molar-refractivity contribution in [2.75, 3.05) is 0 Å². The molecule has 0 aliphatic carbocycles. The number of nitrogens with one attached hydrogen (secondary N) is 3. The van der Waals surface area contributed by atoms with E-state index in [9.17, 15) is 14.4 Å². The van der Waals surface area contributed by atoms with Gasteiger partial charge >= 0.3 is 6.09 Å². The Balaban J connectivity index is 3.33. The number of hydrogen-bond donors (Lipinski definition) is 3. The molecule has 1 rings (SSSR count). The van der Waals surface area contributed by atoms with Crippen molar-refractivity contribution in [1.82, 2.24) is 16.0 Å². The van der Waals surface area contributed by atoms with E-state index in [4.69, 9.17) is 9.16 Å². The molecule has 0 saturated heterocycles. The molecule has 0 fully saturated rings. The number of carbonyl (C=O) groups excluding carboxylic acids is 3. The van der Waals surface area contributed by atoms with Crippen LogP contribution in [0.3, 0.4) is 0 Å². The van der Waals surface area contributed by atoms with Gasteiger partial charge in [0.25, 0.3) is 0 Å². The van der Waals surface area contributed by atoms with Crippen LogP contribution in [0, 0.1) is 17.8 Å². The van der Waals surface area contributed by atoms with Gasteiger partial charge in [-0.1, -0.05) is 84.9 Å². The molecule has 0 aromatic heterocycles. The Labute approximate surface area is 268 Å². The molecule has 0 aliphatic heterocycles. The fourth-order valence-electron chi connectivity index (χ4n) is 4.61. The van der Waals surface area contributed by atoms with Gasteiger partial charge in [0, 0.05) is 12.5 Å². The van der Waals surface area contributed by atoms with Gasteiger partial charge in [0.15, 0.2) is 8.32 Å². The zero-order valence-corrected chi connectivity index (χ0v) is 30.5. The molecule has 3 N–H and O–H groups in total. The van der Waals surface area contributed by atoms with E-state index in [1.807, 2.05) is 65.0 Å². The van der Waals surface area contributed by atoms with Crippen molar-refractivity contribution in [3.05, 3.63) is 48.6 Å². The van der Waals surface area contributed by atoms with Crippen molar-refractivity contribution in [1.29, 1.82) is 0 Å². The third-order valence-corrected chi connectivity index (χ3v) is 12.5. The summed E-state index contributed by atoms with van der Waals surface area (Å²) in [5.74, 6) is -0.844. The van der Waals surface area contributed by atoms with Crippen molar-refractivity contribution >= 4 is 26.2 Å². The smallest absolute Gasteiger partial charge is 0.407 e. The Morgan fingerprint density at radius 1 is 0.909 bits per heavy atom. The Hall–Kier alpha value is -2.65. The monoisotopic (exact) mass is 631 g/mol. The highest BCUT2D eigenvalue weighted by molar-refractivity contribution is 6.74. The van der Waals surface area contributed by atoms with Crippen LogP contribution in [0.5, 0.6) is 0 Å². The molecule has 0 radical (unpaired) electrons. The average molecular weight is 632 g/mol. The van der Waals surface area contributed by atoms with Crippen molar-refractivity contribution in [3.8, 4) is 0 Å². The van der Waals surface area contributed by atoms with Crippen molar-refractivity contribution in [2.45, 2.75) is 137 Å². The van der Waals surface area contributed by atoms with E-state index in [0.29, 0.717) is 25.8 Å². The fourth-order valence-corrected chi connectivity index (χ4v) is 5.98. The summed E-state index contributed by atoms with van der Waals surface area (Å²) in [5, 5.41) is 9.00. The molecule has 1 aromatic rings. The summed E-state index contributed by atoms with van der Waals surface area (Å²) in [6.07, 6.45) is 2.18. The van der Waals surface area contributed by atoms with Gasteiger partial charge in [-0.15, -0.1) is 6.58 Å². The topological polar surface area (TPSA) is 106 Å². The van der Waals surface area contributed by atoms with Gasteiger partial charge < -0.3 is 25.1 Å². The van der Waals surface area contributed by atoms with Gasteiger partial charge in [-0.25, -0.2) is 4.79 Å². The molecule has 4 atom stereocenters. The Kier molecular flexibility index (Phi) is 15.3. The standard InChI is InChI=1S/C35H61N3O5Si/c1-14-18-27(31(39)38-30(25(4)5)32(40)36-23-26-19-16-15-17-20-26)22-29(43-44(12,13)35(9,10)11)28(21-24(2)3)37-33(41)42-34(6,7)8/h14-17,19-20,24-25,27-30H,1,18,21-23H2,2-13H3,(H,36,40)(H,37,41)(H,38,39)/t27-,28+,29+,30+/m1/s1. The van der Waals surface area contributed by atoms with E-state index >= 15 is 0 Å². The fraction of sp³-hybridized carbons (Fsp3) is 0.686. The number of rotatable bonds is 16. The van der Waals surface area contributed by atoms with E-state index in [1.54, 1.807) is 6.08 Å². The van der Waals surface area contributed by atoms with Gasteiger partial charge in [0.05, 0.1) is 12.1 Å². The highest BCUT2D eigenvalue weighted by Gasteiger charge is 2.42. The lowest BCUT2D eigenvalue weighted by molar-refractivity contribution is -0.132. The Morgan fingerprint density at radius 2 is 1.50 bits per heavy atom. The lowest BCUT2D eigenvalue weighted by Crippen LogP contribution is -2.55. The van der Waals surface area contributed by atoms with Gasteiger partial charge in [-0.3, -0.25) is 9.59 Å². The van der Waals surface area contributed by atoms with Crippen LogP contribution in [0.25, 0.3) is 0 Å². The van der Waals surface area contributed by atoms with Crippen LogP contribution >= 0.6 is 0 Å². The minimum atomic E-state index is -2.33. The van der Waals surface area contributed by atoms with Crippen LogP contribution in [-0.4, -0.2) is 50.0 Å². The van der Waals surface area contributed by atoms with Crippen LogP contribution in [0.2, 0.25) is 18.1 Å². The number of allylic oxidation sites excluding steroid dienone is 1. The molecule has 0 aliphatic rings. The summed E-state index contributed by atoms with van der Waals surface area (Å²) >= 11 is 0. The zero-order chi connectivity index (χ0) is 33.9. The number of alkyl carbamates (subject to hydrolysis) is 1. The highest BCUT2D eigenvalue weighted by Crippen LogP contribution is 2.39. The second kappa shape index (κ2) is 17.2. The lowest BCUT2D eigenvalue weighted by atomic mass is 9.89. The first-order chi connectivity index (χ1) is 20.2. The SMILES string of the molecule is C=CC[C@H](C[C@H](O[Si](C)(C)C(C)(C)C)[C@H](CC(C)C)NC(=O)OC(C)(C)C)C(=O)N[C@H](C(=O)NCc1ccccc1)C(C)C. The summed E-state index contributed by atoms with van der Waals surface area (Å²) in [4.78, 5) is 40.1. The Morgan fingerprint density at radius 3 is 1.98 bits per heavy atom. The number of ether oxygens (including phenoxy) is 1. The molecule has 250 valence electrons. The van der Waals surface area contributed by atoms with E-state index in [2.05, 4.69) is 70.2 Å². The largest absolute Gasteiger partial charge is 0.444 e. The highest BCUT2D eigenvalue weighted by atomic mass is 28.4. The van der Waals surface area contributed by atoms with Crippen LogP contribution in [0.15, 0.2) is 43.0 Å². The lowest BCUT2D eigenvalue weighted by Gasteiger charge is -2.43. The molecule has 0 heterocycles. The minimum Gasteiger partial charge on any atom is -0.444 e. The molecule has 0 saturated carbocycles. The quantitative estimate of drug-likeness (QED) is 0.131. The Bertz CT molecular complexity index is 1060. The van der Waals surface area contributed by atoms with Crippen LogP contribution in [-0.2, 0) is 25.3 Å². The summed E-state index contributed by atoms with van der Waals surface area (Å²) in [6.45, 7) is 28.7. The van der Waals surface area contributed by atoms with Gasteiger partial charge in [-0.2, -0.15) is 0 Å². The summed E-state index contributed by atoms with van der Waals surface area (Å²) in [5.41, 5.74) is 0.332. The van der Waals surface area contributed by atoms with Crippen LogP contribution < -0.4 is 16.0 Å². The predicted molar refractivity (Wildman–Crippen MR) is 183 cm³/mol. The maximum absolute atomic E-state index is 13.9.